The molecule has 3 aromatic rings. The van der Waals surface area contributed by atoms with Gasteiger partial charge in [-0.3, -0.25) is 0 Å². The van der Waals surface area contributed by atoms with Crippen LogP contribution in [0.4, 0.5) is 0 Å². The van der Waals surface area contributed by atoms with Crippen LogP contribution in [0.15, 0.2) is 44.0 Å². The molecule has 6 nitrogen and oxygen atoms in total. The van der Waals surface area contributed by atoms with Gasteiger partial charge in [0.25, 0.3) is 0 Å². The third-order valence-electron chi connectivity index (χ3n) is 4.19. The molecule has 4 rings (SSSR count). The van der Waals surface area contributed by atoms with Crippen molar-refractivity contribution in [2.24, 2.45) is 0 Å². The van der Waals surface area contributed by atoms with Crippen molar-refractivity contribution in [3.8, 4) is 5.75 Å². The SMILES string of the molecule is O=C([O-])c1ccc(COc2ccc3c4c(c(=O)oc3c2)CCC4)o1. The molecule has 0 saturated carbocycles. The Labute approximate surface area is 136 Å². The molecular weight excluding hydrogens is 312 g/mol. The molecule has 1 aliphatic rings. The lowest BCUT2D eigenvalue weighted by molar-refractivity contribution is -0.257. The van der Waals surface area contributed by atoms with E-state index in [9.17, 15) is 14.7 Å². The van der Waals surface area contributed by atoms with Gasteiger partial charge in [0.2, 0.25) is 0 Å². The van der Waals surface area contributed by atoms with Gasteiger partial charge in [0.1, 0.15) is 35.4 Å². The number of furan rings is 1. The molecule has 0 fully saturated rings. The van der Waals surface area contributed by atoms with Crippen LogP contribution in [0.2, 0.25) is 0 Å². The maximum atomic E-state index is 12.0. The van der Waals surface area contributed by atoms with Gasteiger partial charge < -0.3 is 23.5 Å². The van der Waals surface area contributed by atoms with Gasteiger partial charge in [0.15, 0.2) is 0 Å². The van der Waals surface area contributed by atoms with Gasteiger partial charge in [-0.2, -0.15) is 0 Å². The van der Waals surface area contributed by atoms with Crippen LogP contribution in [0.3, 0.4) is 0 Å². The highest BCUT2D eigenvalue weighted by Crippen LogP contribution is 2.29. The molecule has 2 aromatic heterocycles. The second kappa shape index (κ2) is 5.56. The number of ether oxygens (including phenoxy) is 1. The highest BCUT2D eigenvalue weighted by molar-refractivity contribution is 5.83. The van der Waals surface area contributed by atoms with E-state index < -0.39 is 5.97 Å². The molecule has 0 saturated heterocycles. The number of aryl methyl sites for hydroxylation is 1. The summed E-state index contributed by atoms with van der Waals surface area (Å²) in [5, 5.41) is 11.6. The number of hydrogen-bond acceptors (Lipinski definition) is 6. The van der Waals surface area contributed by atoms with Crippen molar-refractivity contribution in [2.75, 3.05) is 0 Å². The Balaban J connectivity index is 1.60. The molecule has 1 aliphatic carbocycles. The first kappa shape index (κ1) is 14.6. The lowest BCUT2D eigenvalue weighted by atomic mass is 10.1. The molecule has 0 N–H and O–H groups in total. The minimum absolute atomic E-state index is 0.0635. The molecule has 1 aromatic carbocycles. The summed E-state index contributed by atoms with van der Waals surface area (Å²) in [6.45, 7) is 0.0635. The molecular formula is C18H13O6-. The number of carboxylic acids is 1. The Morgan fingerprint density at radius 1 is 1.12 bits per heavy atom. The summed E-state index contributed by atoms with van der Waals surface area (Å²) in [6, 6.07) is 8.17. The average molecular weight is 325 g/mol. The third-order valence-corrected chi connectivity index (χ3v) is 4.19. The number of carbonyl (C=O) groups is 1. The zero-order valence-corrected chi connectivity index (χ0v) is 12.7. The normalized spacial score (nSPS) is 13.2. The maximum absolute atomic E-state index is 12.0. The van der Waals surface area contributed by atoms with E-state index in [-0.39, 0.29) is 18.0 Å². The largest absolute Gasteiger partial charge is 0.542 e. The van der Waals surface area contributed by atoms with Crippen LogP contribution in [0.5, 0.6) is 5.75 Å². The van der Waals surface area contributed by atoms with Crippen molar-refractivity contribution < 1.29 is 23.5 Å². The van der Waals surface area contributed by atoms with E-state index >= 15 is 0 Å². The number of rotatable bonds is 4. The van der Waals surface area contributed by atoms with Crippen LogP contribution >= 0.6 is 0 Å². The zero-order chi connectivity index (χ0) is 16.7. The van der Waals surface area contributed by atoms with Crippen LogP contribution in [0.25, 0.3) is 11.0 Å². The minimum atomic E-state index is -1.37. The van der Waals surface area contributed by atoms with Crippen LogP contribution < -0.4 is 15.5 Å². The summed E-state index contributed by atoms with van der Waals surface area (Å²) >= 11 is 0. The summed E-state index contributed by atoms with van der Waals surface area (Å²) < 4.78 is 16.0. The molecule has 0 aliphatic heterocycles. The summed E-state index contributed by atoms with van der Waals surface area (Å²) in [4.78, 5) is 22.7. The highest BCUT2D eigenvalue weighted by Gasteiger charge is 2.19. The monoisotopic (exact) mass is 325 g/mol. The van der Waals surface area contributed by atoms with Gasteiger partial charge in [-0.05, 0) is 49.1 Å². The van der Waals surface area contributed by atoms with Crippen LogP contribution in [0, 0.1) is 0 Å². The van der Waals surface area contributed by atoms with E-state index in [0.717, 1.165) is 35.8 Å². The number of aromatic carboxylic acids is 1. The van der Waals surface area contributed by atoms with E-state index in [4.69, 9.17) is 13.6 Å². The fourth-order valence-corrected chi connectivity index (χ4v) is 3.07. The Kier molecular flexibility index (Phi) is 3.37. The summed E-state index contributed by atoms with van der Waals surface area (Å²) in [5.74, 6) is -0.740. The maximum Gasteiger partial charge on any atom is 0.339 e. The van der Waals surface area contributed by atoms with Gasteiger partial charge in [0.05, 0.1) is 0 Å². The summed E-state index contributed by atoms with van der Waals surface area (Å²) in [5.41, 5.74) is 2.06. The van der Waals surface area contributed by atoms with Crippen molar-refractivity contribution in [3.05, 3.63) is 63.4 Å². The van der Waals surface area contributed by atoms with Gasteiger partial charge in [0, 0.05) is 17.0 Å². The molecule has 6 heteroatoms. The number of hydrogen-bond donors (Lipinski definition) is 0. The molecule has 122 valence electrons. The van der Waals surface area contributed by atoms with Gasteiger partial charge in [-0.1, -0.05) is 0 Å². The Hall–Kier alpha value is -3.02. The van der Waals surface area contributed by atoms with E-state index in [0.29, 0.717) is 17.1 Å². The van der Waals surface area contributed by atoms with Crippen molar-refractivity contribution in [1.29, 1.82) is 0 Å². The first-order chi connectivity index (χ1) is 11.6. The van der Waals surface area contributed by atoms with Gasteiger partial charge in [-0.25, -0.2) is 4.79 Å². The van der Waals surface area contributed by atoms with E-state index in [1.807, 2.05) is 6.07 Å². The van der Waals surface area contributed by atoms with E-state index in [1.165, 1.54) is 12.1 Å². The fraction of sp³-hybridized carbons (Fsp3) is 0.222. The number of carbonyl (C=O) groups excluding carboxylic acids is 1. The Bertz CT molecular complexity index is 994. The first-order valence-electron chi connectivity index (χ1n) is 7.63. The van der Waals surface area contributed by atoms with E-state index in [1.54, 1.807) is 12.1 Å². The minimum Gasteiger partial charge on any atom is -0.542 e. The smallest absolute Gasteiger partial charge is 0.339 e. The van der Waals surface area contributed by atoms with Crippen molar-refractivity contribution >= 4 is 16.9 Å². The van der Waals surface area contributed by atoms with Gasteiger partial charge in [-0.15, -0.1) is 0 Å². The number of benzene rings is 1. The molecule has 0 amide bonds. The van der Waals surface area contributed by atoms with Crippen LogP contribution in [-0.2, 0) is 19.4 Å². The molecule has 0 spiro atoms. The standard InChI is InChI=1S/C18H14O6/c19-17(20)15-7-5-11(23-15)9-22-10-4-6-13-12-2-1-3-14(12)18(21)24-16(13)8-10/h4-8H,1-3,9H2,(H,19,20)/p-1. The Morgan fingerprint density at radius 2 is 1.96 bits per heavy atom. The van der Waals surface area contributed by atoms with Crippen LogP contribution in [0.1, 0.15) is 33.9 Å². The highest BCUT2D eigenvalue weighted by atomic mass is 16.5. The average Bonchev–Trinajstić information content (AvgIpc) is 3.22. The summed E-state index contributed by atoms with van der Waals surface area (Å²) in [7, 11) is 0. The molecule has 0 atom stereocenters. The number of carboxylic acid groups (broad SMARTS) is 1. The predicted octanol–water partition coefficient (Wildman–Crippen LogP) is 1.82. The predicted molar refractivity (Wildman–Crippen MR) is 81.9 cm³/mol. The number of fused-ring (bicyclic) bond motifs is 3. The topological polar surface area (TPSA) is 92.7 Å². The zero-order valence-electron chi connectivity index (χ0n) is 12.7. The Morgan fingerprint density at radius 3 is 2.75 bits per heavy atom. The first-order valence-corrected chi connectivity index (χ1v) is 7.63. The fourth-order valence-electron chi connectivity index (χ4n) is 3.07. The molecule has 0 bridgehead atoms. The molecule has 0 unspecified atom stereocenters. The van der Waals surface area contributed by atoms with Crippen molar-refractivity contribution in [2.45, 2.75) is 25.9 Å². The lowest BCUT2D eigenvalue weighted by Crippen LogP contribution is -2.21. The van der Waals surface area contributed by atoms with Crippen LogP contribution in [-0.4, -0.2) is 5.97 Å². The lowest BCUT2D eigenvalue weighted by Gasteiger charge is -2.07. The molecule has 0 radical (unpaired) electrons. The quantitative estimate of drug-likeness (QED) is 0.679. The second-order valence-electron chi connectivity index (χ2n) is 5.70. The molecule has 24 heavy (non-hydrogen) atoms. The van der Waals surface area contributed by atoms with E-state index in [2.05, 4.69) is 0 Å². The molecule has 2 heterocycles. The third kappa shape index (κ3) is 2.46. The van der Waals surface area contributed by atoms with Crippen molar-refractivity contribution in [3.63, 3.8) is 0 Å². The van der Waals surface area contributed by atoms with Crippen molar-refractivity contribution in [1.82, 2.24) is 0 Å². The summed E-state index contributed by atoms with van der Waals surface area (Å²) in [6.07, 6.45) is 2.62. The van der Waals surface area contributed by atoms with Gasteiger partial charge >= 0.3 is 5.63 Å². The second-order valence-corrected chi connectivity index (χ2v) is 5.70.